The standard InChI is InChI=1S/C27H26F3NO2/c1-16-4-8-20(9-5-16)26-18(3)24-15-31(14-23(24)17(2)22(26)12-25(32)33)13-19-6-10-21(11-7-19)27(28,29)30/h4-11H,12-15H2,1-3H3,(H,32,33). The van der Waals surface area contributed by atoms with E-state index >= 15 is 0 Å². The number of alkyl halides is 3. The van der Waals surface area contributed by atoms with Crippen molar-refractivity contribution in [3.63, 3.8) is 0 Å². The topological polar surface area (TPSA) is 40.5 Å². The van der Waals surface area contributed by atoms with E-state index in [-0.39, 0.29) is 6.42 Å². The Morgan fingerprint density at radius 3 is 2.03 bits per heavy atom. The SMILES string of the molecule is Cc1ccc(-c2c(C)c3c(c(C)c2CC(=O)O)CN(Cc2ccc(C(F)(F)F)cc2)C3)cc1. The molecule has 0 aliphatic carbocycles. The Morgan fingerprint density at radius 2 is 1.48 bits per heavy atom. The number of fused-ring (bicyclic) bond motifs is 1. The first-order valence-corrected chi connectivity index (χ1v) is 10.9. The van der Waals surface area contributed by atoms with Crippen LogP contribution in [0.15, 0.2) is 48.5 Å². The molecule has 4 rings (SSSR count). The minimum absolute atomic E-state index is 0.0535. The molecule has 0 spiro atoms. The first-order valence-electron chi connectivity index (χ1n) is 10.9. The average molecular weight is 454 g/mol. The predicted molar refractivity (Wildman–Crippen MR) is 122 cm³/mol. The summed E-state index contributed by atoms with van der Waals surface area (Å²) in [6.45, 7) is 7.89. The lowest BCUT2D eigenvalue weighted by molar-refractivity contribution is -0.138. The fourth-order valence-electron chi connectivity index (χ4n) is 4.78. The smallest absolute Gasteiger partial charge is 0.416 e. The number of carboxylic acids is 1. The van der Waals surface area contributed by atoms with E-state index in [4.69, 9.17) is 0 Å². The third-order valence-electron chi connectivity index (χ3n) is 6.52. The molecule has 3 aromatic carbocycles. The van der Waals surface area contributed by atoms with Crippen molar-refractivity contribution in [2.75, 3.05) is 0 Å². The van der Waals surface area contributed by atoms with Crippen LogP contribution in [0.2, 0.25) is 0 Å². The third-order valence-corrected chi connectivity index (χ3v) is 6.52. The molecule has 0 amide bonds. The molecule has 0 fully saturated rings. The summed E-state index contributed by atoms with van der Waals surface area (Å²) in [5.74, 6) is -0.870. The summed E-state index contributed by atoms with van der Waals surface area (Å²) in [6.07, 6.45) is -4.40. The Morgan fingerprint density at radius 1 is 0.909 bits per heavy atom. The van der Waals surface area contributed by atoms with Crippen molar-refractivity contribution < 1.29 is 23.1 Å². The van der Waals surface area contributed by atoms with Gasteiger partial charge in [0, 0.05) is 19.6 Å². The zero-order valence-electron chi connectivity index (χ0n) is 18.9. The van der Waals surface area contributed by atoms with Gasteiger partial charge in [0.25, 0.3) is 0 Å². The van der Waals surface area contributed by atoms with Gasteiger partial charge in [0.15, 0.2) is 0 Å². The lowest BCUT2D eigenvalue weighted by Gasteiger charge is -2.20. The number of nitrogens with zero attached hydrogens (tertiary/aromatic N) is 1. The van der Waals surface area contributed by atoms with Crippen LogP contribution >= 0.6 is 0 Å². The van der Waals surface area contributed by atoms with Gasteiger partial charge >= 0.3 is 12.1 Å². The van der Waals surface area contributed by atoms with Gasteiger partial charge in [-0.2, -0.15) is 13.2 Å². The van der Waals surface area contributed by atoms with Crippen LogP contribution in [0.3, 0.4) is 0 Å². The van der Waals surface area contributed by atoms with Gasteiger partial charge in [0.05, 0.1) is 12.0 Å². The molecule has 172 valence electrons. The number of aryl methyl sites for hydroxylation is 1. The predicted octanol–water partition coefficient (Wildman–Crippen LogP) is 6.44. The molecule has 1 aliphatic rings. The third kappa shape index (κ3) is 4.67. The number of halogens is 3. The molecule has 1 aliphatic heterocycles. The Kier molecular flexibility index (Phi) is 6.06. The molecule has 0 saturated heterocycles. The van der Waals surface area contributed by atoms with Crippen LogP contribution in [0.5, 0.6) is 0 Å². The average Bonchev–Trinajstić information content (AvgIpc) is 3.17. The van der Waals surface area contributed by atoms with Crippen LogP contribution in [-0.2, 0) is 37.0 Å². The summed E-state index contributed by atoms with van der Waals surface area (Å²) >= 11 is 0. The molecule has 3 nitrogen and oxygen atoms in total. The molecule has 0 aromatic heterocycles. The highest BCUT2D eigenvalue weighted by atomic mass is 19.4. The lowest BCUT2D eigenvalue weighted by atomic mass is 9.84. The number of carboxylic acid groups (broad SMARTS) is 1. The second-order valence-corrected chi connectivity index (χ2v) is 8.84. The fraction of sp³-hybridized carbons (Fsp3) is 0.296. The Labute approximate surface area is 191 Å². The number of hydrogen-bond acceptors (Lipinski definition) is 2. The van der Waals surface area contributed by atoms with Gasteiger partial charge in [-0.05, 0) is 77.4 Å². The molecule has 6 heteroatoms. The van der Waals surface area contributed by atoms with E-state index in [1.807, 2.05) is 45.0 Å². The van der Waals surface area contributed by atoms with E-state index in [1.165, 1.54) is 17.7 Å². The molecule has 3 aromatic rings. The van der Waals surface area contributed by atoms with Crippen molar-refractivity contribution in [3.8, 4) is 11.1 Å². The van der Waals surface area contributed by atoms with Crippen molar-refractivity contribution in [1.29, 1.82) is 0 Å². The monoisotopic (exact) mass is 453 g/mol. The van der Waals surface area contributed by atoms with Gasteiger partial charge in [-0.15, -0.1) is 0 Å². The van der Waals surface area contributed by atoms with Gasteiger partial charge < -0.3 is 5.11 Å². The van der Waals surface area contributed by atoms with Crippen molar-refractivity contribution in [2.45, 2.75) is 53.0 Å². The van der Waals surface area contributed by atoms with Crippen molar-refractivity contribution >= 4 is 5.97 Å². The highest BCUT2D eigenvalue weighted by molar-refractivity contribution is 5.81. The van der Waals surface area contributed by atoms with Crippen LogP contribution in [0, 0.1) is 20.8 Å². The first-order chi connectivity index (χ1) is 15.5. The van der Waals surface area contributed by atoms with Gasteiger partial charge in [-0.1, -0.05) is 42.0 Å². The quantitative estimate of drug-likeness (QED) is 0.483. The lowest BCUT2D eigenvalue weighted by Crippen LogP contribution is -2.16. The molecule has 0 bridgehead atoms. The largest absolute Gasteiger partial charge is 0.481 e. The van der Waals surface area contributed by atoms with E-state index < -0.39 is 17.7 Å². The molecular formula is C27H26F3NO2. The highest BCUT2D eigenvalue weighted by Gasteiger charge is 2.31. The molecule has 1 heterocycles. The zero-order valence-corrected chi connectivity index (χ0v) is 18.9. The maximum Gasteiger partial charge on any atom is 0.416 e. The van der Waals surface area contributed by atoms with Gasteiger partial charge in [-0.3, -0.25) is 9.69 Å². The van der Waals surface area contributed by atoms with Crippen molar-refractivity contribution in [1.82, 2.24) is 4.90 Å². The van der Waals surface area contributed by atoms with Gasteiger partial charge in [0.2, 0.25) is 0 Å². The normalized spacial score (nSPS) is 13.9. The molecule has 0 radical (unpaired) electrons. The van der Waals surface area contributed by atoms with Crippen LogP contribution in [0.1, 0.15) is 44.5 Å². The van der Waals surface area contributed by atoms with E-state index in [9.17, 15) is 23.1 Å². The van der Waals surface area contributed by atoms with Crippen LogP contribution < -0.4 is 0 Å². The highest BCUT2D eigenvalue weighted by Crippen LogP contribution is 2.40. The Hall–Kier alpha value is -3.12. The number of aliphatic carboxylic acids is 1. The summed E-state index contributed by atoms with van der Waals surface area (Å²) in [4.78, 5) is 13.9. The number of benzene rings is 3. The molecule has 0 unspecified atom stereocenters. The summed E-state index contributed by atoms with van der Waals surface area (Å²) in [5, 5.41) is 9.58. The molecular weight excluding hydrogens is 427 g/mol. The van der Waals surface area contributed by atoms with Gasteiger partial charge in [0.1, 0.15) is 0 Å². The summed E-state index contributed by atoms with van der Waals surface area (Å²) < 4.78 is 38.6. The first kappa shape index (κ1) is 23.1. The fourth-order valence-corrected chi connectivity index (χ4v) is 4.78. The van der Waals surface area contributed by atoms with Crippen LogP contribution in [-0.4, -0.2) is 16.0 Å². The van der Waals surface area contributed by atoms with E-state index in [1.54, 1.807) is 0 Å². The summed E-state index contributed by atoms with van der Waals surface area (Å²) in [5.41, 5.74) is 8.49. The van der Waals surface area contributed by atoms with Crippen LogP contribution in [0.4, 0.5) is 13.2 Å². The maximum atomic E-state index is 12.9. The van der Waals surface area contributed by atoms with E-state index in [0.29, 0.717) is 19.6 Å². The maximum absolute atomic E-state index is 12.9. The molecule has 0 saturated carbocycles. The van der Waals surface area contributed by atoms with E-state index in [2.05, 4.69) is 4.90 Å². The van der Waals surface area contributed by atoms with Crippen molar-refractivity contribution in [3.05, 3.63) is 93.0 Å². The zero-order chi connectivity index (χ0) is 23.9. The number of rotatable bonds is 5. The summed E-state index contributed by atoms with van der Waals surface area (Å²) in [6, 6.07) is 13.4. The Bertz CT molecular complexity index is 1200. The molecule has 1 N–H and O–H groups in total. The molecule has 33 heavy (non-hydrogen) atoms. The Balaban J connectivity index is 1.69. The van der Waals surface area contributed by atoms with Gasteiger partial charge in [-0.25, -0.2) is 0 Å². The second-order valence-electron chi connectivity index (χ2n) is 8.84. The van der Waals surface area contributed by atoms with Crippen LogP contribution in [0.25, 0.3) is 11.1 Å². The minimum Gasteiger partial charge on any atom is -0.481 e. The minimum atomic E-state index is -4.34. The van der Waals surface area contributed by atoms with Crippen molar-refractivity contribution in [2.24, 2.45) is 0 Å². The second kappa shape index (κ2) is 8.67. The number of hydrogen-bond donors (Lipinski definition) is 1. The van der Waals surface area contributed by atoms with E-state index in [0.717, 1.165) is 56.6 Å². The molecule has 0 atom stereocenters. The summed E-state index contributed by atoms with van der Waals surface area (Å²) in [7, 11) is 0. The number of carbonyl (C=O) groups is 1.